The summed E-state index contributed by atoms with van der Waals surface area (Å²) in [5.74, 6) is 0.557. The van der Waals surface area contributed by atoms with Crippen LogP contribution in [0.2, 0.25) is 0 Å². The van der Waals surface area contributed by atoms with Gasteiger partial charge in [-0.1, -0.05) is 35.4 Å². The van der Waals surface area contributed by atoms with Crippen LogP contribution in [0.4, 0.5) is 5.69 Å². The topological polar surface area (TPSA) is 38.3 Å². The molecule has 2 rings (SSSR count). The normalized spacial score (nSPS) is 11.9. The summed E-state index contributed by atoms with van der Waals surface area (Å²) in [6, 6.07) is 11.8. The van der Waals surface area contributed by atoms with Crippen LogP contribution in [-0.2, 0) is 4.79 Å². The number of hydrogen-bond donors (Lipinski definition) is 1. The van der Waals surface area contributed by atoms with Crippen LogP contribution in [0, 0.1) is 27.7 Å². The van der Waals surface area contributed by atoms with Crippen molar-refractivity contribution >= 4 is 11.6 Å². The number of aryl methyl sites for hydroxylation is 4. The Kier molecular flexibility index (Phi) is 4.86. The van der Waals surface area contributed by atoms with Crippen molar-refractivity contribution in [1.29, 1.82) is 0 Å². The van der Waals surface area contributed by atoms with E-state index in [9.17, 15) is 4.79 Å². The lowest BCUT2D eigenvalue weighted by atomic mass is 10.0. The monoisotopic (exact) mass is 297 g/mol. The Morgan fingerprint density at radius 1 is 0.955 bits per heavy atom. The maximum Gasteiger partial charge on any atom is 0.265 e. The van der Waals surface area contributed by atoms with Crippen LogP contribution >= 0.6 is 0 Å². The van der Waals surface area contributed by atoms with E-state index < -0.39 is 6.10 Å². The van der Waals surface area contributed by atoms with Gasteiger partial charge in [0.05, 0.1) is 0 Å². The second-order valence-corrected chi connectivity index (χ2v) is 5.84. The first kappa shape index (κ1) is 16.1. The number of nitrogens with one attached hydrogen (secondary N) is 1. The number of anilines is 1. The minimum Gasteiger partial charge on any atom is -0.481 e. The summed E-state index contributed by atoms with van der Waals surface area (Å²) < 4.78 is 5.69. The molecule has 0 saturated carbocycles. The van der Waals surface area contributed by atoms with E-state index in [1.165, 1.54) is 5.56 Å². The molecule has 116 valence electrons. The predicted molar refractivity (Wildman–Crippen MR) is 90.6 cm³/mol. The first-order valence-corrected chi connectivity index (χ1v) is 7.49. The third kappa shape index (κ3) is 3.88. The summed E-state index contributed by atoms with van der Waals surface area (Å²) in [5, 5.41) is 2.97. The zero-order valence-electron chi connectivity index (χ0n) is 13.9. The van der Waals surface area contributed by atoms with Crippen molar-refractivity contribution in [3.8, 4) is 5.75 Å². The summed E-state index contributed by atoms with van der Waals surface area (Å²) in [7, 11) is 0. The maximum absolute atomic E-state index is 12.3. The van der Waals surface area contributed by atoms with Gasteiger partial charge in [0.1, 0.15) is 5.75 Å². The van der Waals surface area contributed by atoms with Crippen molar-refractivity contribution in [3.63, 3.8) is 0 Å². The van der Waals surface area contributed by atoms with E-state index in [0.717, 1.165) is 22.4 Å². The zero-order valence-corrected chi connectivity index (χ0v) is 13.9. The van der Waals surface area contributed by atoms with Crippen molar-refractivity contribution < 1.29 is 9.53 Å². The molecule has 2 aromatic carbocycles. The van der Waals surface area contributed by atoms with Crippen LogP contribution in [0.5, 0.6) is 5.75 Å². The molecule has 22 heavy (non-hydrogen) atoms. The molecule has 0 radical (unpaired) electrons. The Hall–Kier alpha value is -2.29. The van der Waals surface area contributed by atoms with E-state index in [1.54, 1.807) is 6.92 Å². The number of benzene rings is 2. The van der Waals surface area contributed by atoms with Gasteiger partial charge in [-0.2, -0.15) is 0 Å². The van der Waals surface area contributed by atoms with Crippen LogP contribution < -0.4 is 10.1 Å². The van der Waals surface area contributed by atoms with Crippen LogP contribution in [-0.4, -0.2) is 12.0 Å². The van der Waals surface area contributed by atoms with Gasteiger partial charge in [0.15, 0.2) is 6.10 Å². The zero-order chi connectivity index (χ0) is 16.3. The SMILES string of the molecule is Cc1ccc(O[C@@H](C)C(=O)Nc2c(C)cc(C)cc2C)cc1. The highest BCUT2D eigenvalue weighted by Crippen LogP contribution is 2.22. The number of hydrogen-bond acceptors (Lipinski definition) is 2. The number of carbonyl (C=O) groups is 1. The van der Waals surface area contributed by atoms with Crippen LogP contribution in [0.25, 0.3) is 0 Å². The number of carbonyl (C=O) groups excluding carboxylic acids is 1. The molecule has 0 aromatic heterocycles. The van der Waals surface area contributed by atoms with Crippen molar-refractivity contribution in [2.24, 2.45) is 0 Å². The predicted octanol–water partition coefficient (Wildman–Crippen LogP) is 4.33. The third-order valence-electron chi connectivity index (χ3n) is 3.63. The lowest BCUT2D eigenvalue weighted by molar-refractivity contribution is -0.122. The van der Waals surface area contributed by atoms with Crippen molar-refractivity contribution in [1.82, 2.24) is 0 Å². The molecule has 0 aliphatic carbocycles. The van der Waals surface area contributed by atoms with Crippen LogP contribution in [0.15, 0.2) is 36.4 Å². The Bertz CT molecular complexity index is 651. The van der Waals surface area contributed by atoms with Crippen molar-refractivity contribution in [2.75, 3.05) is 5.32 Å². The smallest absolute Gasteiger partial charge is 0.265 e. The van der Waals surface area contributed by atoms with E-state index in [1.807, 2.05) is 45.0 Å². The summed E-state index contributed by atoms with van der Waals surface area (Å²) in [6.07, 6.45) is -0.553. The standard InChI is InChI=1S/C19H23NO2/c1-12-6-8-17(9-7-12)22-16(5)19(21)20-18-14(3)10-13(2)11-15(18)4/h6-11,16H,1-5H3,(H,20,21)/t16-/m0/s1. The van der Waals surface area contributed by atoms with Gasteiger partial charge < -0.3 is 10.1 Å². The highest BCUT2D eigenvalue weighted by atomic mass is 16.5. The van der Waals surface area contributed by atoms with Gasteiger partial charge >= 0.3 is 0 Å². The van der Waals surface area contributed by atoms with Gasteiger partial charge in [0.2, 0.25) is 0 Å². The van der Waals surface area contributed by atoms with Gasteiger partial charge in [-0.15, -0.1) is 0 Å². The Labute approximate surface area is 132 Å². The van der Waals surface area contributed by atoms with Crippen LogP contribution in [0.1, 0.15) is 29.2 Å². The van der Waals surface area contributed by atoms with E-state index in [0.29, 0.717) is 5.75 Å². The lowest BCUT2D eigenvalue weighted by Gasteiger charge is -2.17. The van der Waals surface area contributed by atoms with Gasteiger partial charge in [-0.25, -0.2) is 0 Å². The summed E-state index contributed by atoms with van der Waals surface area (Å²) >= 11 is 0. The second-order valence-electron chi connectivity index (χ2n) is 5.84. The van der Waals surface area contributed by atoms with E-state index in [2.05, 4.69) is 24.4 Å². The minimum absolute atomic E-state index is 0.143. The van der Waals surface area contributed by atoms with Crippen molar-refractivity contribution in [3.05, 3.63) is 58.7 Å². The third-order valence-corrected chi connectivity index (χ3v) is 3.63. The fourth-order valence-electron chi connectivity index (χ4n) is 2.48. The maximum atomic E-state index is 12.3. The molecule has 0 unspecified atom stereocenters. The largest absolute Gasteiger partial charge is 0.481 e. The first-order chi connectivity index (χ1) is 10.4. The molecule has 0 bridgehead atoms. The molecule has 0 fully saturated rings. The molecular formula is C19H23NO2. The summed E-state index contributed by atoms with van der Waals surface area (Å²) in [6.45, 7) is 9.83. The van der Waals surface area contributed by atoms with Crippen molar-refractivity contribution in [2.45, 2.75) is 40.7 Å². The molecule has 1 atom stereocenters. The fourth-order valence-corrected chi connectivity index (χ4v) is 2.48. The Balaban J connectivity index is 2.07. The average molecular weight is 297 g/mol. The highest BCUT2D eigenvalue weighted by molar-refractivity contribution is 5.95. The van der Waals surface area contributed by atoms with Gasteiger partial charge in [0.25, 0.3) is 5.91 Å². The van der Waals surface area contributed by atoms with Gasteiger partial charge in [-0.3, -0.25) is 4.79 Å². The average Bonchev–Trinajstić information content (AvgIpc) is 2.45. The minimum atomic E-state index is -0.553. The molecule has 3 heteroatoms. The molecule has 0 heterocycles. The molecule has 1 amide bonds. The fraction of sp³-hybridized carbons (Fsp3) is 0.316. The van der Waals surface area contributed by atoms with Crippen LogP contribution in [0.3, 0.4) is 0 Å². The van der Waals surface area contributed by atoms with Gasteiger partial charge in [0, 0.05) is 5.69 Å². The Morgan fingerprint density at radius 3 is 2.05 bits per heavy atom. The number of rotatable bonds is 4. The van der Waals surface area contributed by atoms with Gasteiger partial charge in [-0.05, 0) is 57.9 Å². The summed E-state index contributed by atoms with van der Waals surface area (Å²) in [4.78, 5) is 12.3. The first-order valence-electron chi connectivity index (χ1n) is 7.49. The highest BCUT2D eigenvalue weighted by Gasteiger charge is 2.16. The molecule has 0 aliphatic heterocycles. The molecule has 0 spiro atoms. The molecule has 0 saturated heterocycles. The second kappa shape index (κ2) is 6.65. The summed E-state index contributed by atoms with van der Waals surface area (Å²) in [5.41, 5.74) is 5.35. The lowest BCUT2D eigenvalue weighted by Crippen LogP contribution is -2.30. The number of ether oxygens (including phenoxy) is 1. The quantitative estimate of drug-likeness (QED) is 0.912. The molecule has 2 aromatic rings. The van der Waals surface area contributed by atoms with E-state index in [4.69, 9.17) is 4.74 Å². The molecule has 1 N–H and O–H groups in total. The number of amides is 1. The Morgan fingerprint density at radius 2 is 1.50 bits per heavy atom. The van der Waals surface area contributed by atoms with E-state index in [-0.39, 0.29) is 5.91 Å². The molecule has 3 nitrogen and oxygen atoms in total. The van der Waals surface area contributed by atoms with E-state index >= 15 is 0 Å². The molecule has 0 aliphatic rings. The molecular weight excluding hydrogens is 274 g/mol.